The van der Waals surface area contributed by atoms with Crippen LogP contribution in [0.4, 0.5) is 0 Å². The van der Waals surface area contributed by atoms with Crippen LogP contribution in [0.1, 0.15) is 86.0 Å². The monoisotopic (exact) mass is 350 g/mol. The van der Waals surface area contributed by atoms with Gasteiger partial charge in [-0.2, -0.15) is 0 Å². The maximum Gasteiger partial charge on any atom is 0.331 e. The zero-order chi connectivity index (χ0) is 18.9. The second-order valence-corrected chi connectivity index (χ2v) is 7.66. The Bertz CT molecular complexity index is 474. The van der Waals surface area contributed by atoms with Crippen molar-refractivity contribution in [2.75, 3.05) is 6.61 Å². The molecule has 1 aliphatic carbocycles. The minimum absolute atomic E-state index is 0.230. The Kier molecular flexibility index (Phi) is 9.48. The molecule has 1 rings (SSSR count). The maximum atomic E-state index is 11.7. The van der Waals surface area contributed by atoms with Gasteiger partial charge in [0.1, 0.15) is 0 Å². The van der Waals surface area contributed by atoms with Crippen LogP contribution in [0.5, 0.6) is 0 Å². The molecule has 0 saturated carbocycles. The molecular formula is C22H38O3. The van der Waals surface area contributed by atoms with Crippen molar-refractivity contribution < 1.29 is 14.6 Å². The van der Waals surface area contributed by atoms with Crippen LogP contribution in [0.15, 0.2) is 23.3 Å². The van der Waals surface area contributed by atoms with E-state index >= 15 is 0 Å². The van der Waals surface area contributed by atoms with Gasteiger partial charge < -0.3 is 9.84 Å². The Morgan fingerprint density at radius 2 is 2.00 bits per heavy atom. The highest BCUT2D eigenvalue weighted by Crippen LogP contribution is 2.35. The van der Waals surface area contributed by atoms with Crippen LogP contribution in [0, 0.1) is 11.8 Å². The zero-order valence-electron chi connectivity index (χ0n) is 16.9. The minimum Gasteiger partial charge on any atom is -0.463 e. The van der Waals surface area contributed by atoms with Crippen molar-refractivity contribution in [1.29, 1.82) is 0 Å². The number of hydrogen-bond acceptors (Lipinski definition) is 3. The predicted octanol–water partition coefficient (Wildman–Crippen LogP) is 5.58. The highest BCUT2D eigenvalue weighted by atomic mass is 16.5. The zero-order valence-corrected chi connectivity index (χ0v) is 16.9. The summed E-state index contributed by atoms with van der Waals surface area (Å²) in [6.45, 7) is 10.7. The molecule has 1 aliphatic rings. The first kappa shape index (κ1) is 22.0. The topological polar surface area (TPSA) is 46.5 Å². The van der Waals surface area contributed by atoms with E-state index < -0.39 is 5.60 Å². The molecule has 1 N–H and O–H groups in total. The molecule has 3 unspecified atom stereocenters. The van der Waals surface area contributed by atoms with Crippen molar-refractivity contribution in [2.24, 2.45) is 11.8 Å². The largest absolute Gasteiger partial charge is 0.463 e. The molecule has 25 heavy (non-hydrogen) atoms. The van der Waals surface area contributed by atoms with Gasteiger partial charge in [-0.3, -0.25) is 0 Å². The summed E-state index contributed by atoms with van der Waals surface area (Å²) in [5.74, 6) is 0.712. The number of ether oxygens (including phenoxy) is 1. The highest BCUT2D eigenvalue weighted by molar-refractivity contribution is 5.83. The second-order valence-electron chi connectivity index (χ2n) is 7.66. The Morgan fingerprint density at radius 3 is 2.56 bits per heavy atom. The molecule has 0 spiro atoms. The van der Waals surface area contributed by atoms with E-state index in [-0.39, 0.29) is 5.97 Å². The van der Waals surface area contributed by atoms with Gasteiger partial charge in [0.15, 0.2) is 0 Å². The molecule has 0 aromatic rings. The summed E-state index contributed by atoms with van der Waals surface area (Å²) in [5, 5.41) is 10.6. The van der Waals surface area contributed by atoms with Gasteiger partial charge in [0.2, 0.25) is 0 Å². The minimum atomic E-state index is -0.571. The van der Waals surface area contributed by atoms with Crippen LogP contribution in [0.3, 0.4) is 0 Å². The standard InChI is InChI=1S/C22H38O3/c1-6-17(15-20(7-2)22(5,24)8-3)13-18-11-10-12-19(14-18)16-21(23)25-9-4/h14,16-17,20,24H,6-13,15H2,1-5H3. The first-order chi connectivity index (χ1) is 11.9. The first-order valence-electron chi connectivity index (χ1n) is 10.1. The van der Waals surface area contributed by atoms with E-state index in [4.69, 9.17) is 4.74 Å². The molecule has 0 fully saturated rings. The van der Waals surface area contributed by atoms with Crippen molar-refractivity contribution in [3.63, 3.8) is 0 Å². The quantitative estimate of drug-likeness (QED) is 0.413. The van der Waals surface area contributed by atoms with Crippen LogP contribution >= 0.6 is 0 Å². The maximum absolute atomic E-state index is 11.7. The molecule has 0 heterocycles. The lowest BCUT2D eigenvalue weighted by molar-refractivity contribution is -0.137. The number of rotatable bonds is 10. The number of carbonyl (C=O) groups excluding carboxylic acids is 1. The molecule has 0 aromatic carbocycles. The summed E-state index contributed by atoms with van der Waals surface area (Å²) < 4.78 is 5.03. The Balaban J connectivity index is 2.76. The van der Waals surface area contributed by atoms with Gasteiger partial charge in [0.05, 0.1) is 12.2 Å². The van der Waals surface area contributed by atoms with Gasteiger partial charge >= 0.3 is 5.97 Å². The molecule has 0 radical (unpaired) electrons. The number of aliphatic hydroxyl groups is 1. The smallest absolute Gasteiger partial charge is 0.331 e. The molecule has 0 bridgehead atoms. The third-order valence-electron chi connectivity index (χ3n) is 5.78. The van der Waals surface area contributed by atoms with Crippen molar-refractivity contribution in [1.82, 2.24) is 0 Å². The van der Waals surface area contributed by atoms with Gasteiger partial charge in [0.25, 0.3) is 0 Å². The predicted molar refractivity (Wildman–Crippen MR) is 104 cm³/mol. The van der Waals surface area contributed by atoms with Crippen LogP contribution in [-0.4, -0.2) is 23.3 Å². The van der Waals surface area contributed by atoms with E-state index in [1.54, 1.807) is 6.08 Å². The molecule has 3 heteroatoms. The number of allylic oxidation sites excluding steroid dienone is 3. The van der Waals surface area contributed by atoms with Crippen LogP contribution in [0.2, 0.25) is 0 Å². The van der Waals surface area contributed by atoms with Crippen molar-refractivity contribution in [3.8, 4) is 0 Å². The number of carbonyl (C=O) groups is 1. The molecule has 0 aromatic heterocycles. The summed E-state index contributed by atoms with van der Waals surface area (Å²) in [6, 6.07) is 0. The van der Waals surface area contributed by atoms with Crippen molar-refractivity contribution >= 4 is 5.97 Å². The third kappa shape index (κ3) is 7.35. The molecule has 144 valence electrons. The van der Waals surface area contributed by atoms with Crippen LogP contribution in [0.25, 0.3) is 0 Å². The van der Waals surface area contributed by atoms with Gasteiger partial charge in [-0.1, -0.05) is 45.3 Å². The Hall–Kier alpha value is -1.09. The first-order valence-corrected chi connectivity index (χ1v) is 10.1. The van der Waals surface area contributed by atoms with Gasteiger partial charge in [-0.25, -0.2) is 4.79 Å². The summed E-state index contributed by atoms with van der Waals surface area (Å²) in [6.07, 6.45) is 12.2. The number of hydrogen-bond donors (Lipinski definition) is 1. The molecule has 3 atom stereocenters. The lowest BCUT2D eigenvalue weighted by Gasteiger charge is -2.34. The second kappa shape index (κ2) is 10.8. The van der Waals surface area contributed by atoms with E-state index in [9.17, 15) is 9.90 Å². The highest BCUT2D eigenvalue weighted by Gasteiger charge is 2.30. The molecule has 3 nitrogen and oxygen atoms in total. The van der Waals surface area contributed by atoms with Crippen LogP contribution in [-0.2, 0) is 9.53 Å². The average molecular weight is 351 g/mol. The fraction of sp³-hybridized carbons (Fsp3) is 0.773. The molecule has 0 aliphatic heterocycles. The average Bonchev–Trinajstić information content (AvgIpc) is 2.58. The summed E-state index contributed by atoms with van der Waals surface area (Å²) in [7, 11) is 0. The summed E-state index contributed by atoms with van der Waals surface area (Å²) in [4.78, 5) is 11.7. The summed E-state index contributed by atoms with van der Waals surface area (Å²) in [5.41, 5.74) is 1.97. The van der Waals surface area contributed by atoms with E-state index in [0.717, 1.165) is 56.9 Å². The lowest BCUT2D eigenvalue weighted by Crippen LogP contribution is -2.34. The van der Waals surface area contributed by atoms with E-state index in [2.05, 4.69) is 26.8 Å². The normalized spacial score (nSPS) is 21.4. The van der Waals surface area contributed by atoms with E-state index in [1.165, 1.54) is 5.57 Å². The number of esters is 1. The van der Waals surface area contributed by atoms with Crippen molar-refractivity contribution in [2.45, 2.75) is 91.6 Å². The van der Waals surface area contributed by atoms with Gasteiger partial charge in [-0.05, 0) is 69.8 Å². The lowest BCUT2D eigenvalue weighted by atomic mass is 9.76. The van der Waals surface area contributed by atoms with Crippen molar-refractivity contribution in [3.05, 3.63) is 23.3 Å². The molecule has 0 saturated heterocycles. The fourth-order valence-electron chi connectivity index (χ4n) is 3.85. The molecular weight excluding hydrogens is 312 g/mol. The van der Waals surface area contributed by atoms with Gasteiger partial charge in [0, 0.05) is 6.08 Å². The Labute approximate surface area is 154 Å². The van der Waals surface area contributed by atoms with E-state index in [1.807, 2.05) is 13.8 Å². The molecule has 0 amide bonds. The summed E-state index contributed by atoms with van der Waals surface area (Å²) >= 11 is 0. The SMILES string of the molecule is CCOC(=O)C=C1C=C(CC(CC)CC(CC)C(C)(O)CC)CCC1. The van der Waals surface area contributed by atoms with E-state index in [0.29, 0.717) is 18.4 Å². The Morgan fingerprint density at radius 1 is 1.28 bits per heavy atom. The fourth-order valence-corrected chi connectivity index (χ4v) is 3.85. The third-order valence-corrected chi connectivity index (χ3v) is 5.78. The van der Waals surface area contributed by atoms with Crippen LogP contribution < -0.4 is 0 Å². The van der Waals surface area contributed by atoms with Gasteiger partial charge in [-0.15, -0.1) is 0 Å².